The van der Waals surface area contributed by atoms with Crippen LogP contribution < -0.4 is 10.1 Å². The molecule has 0 fully saturated rings. The van der Waals surface area contributed by atoms with Crippen LogP contribution in [0.4, 0.5) is 18.9 Å². The maximum absolute atomic E-state index is 11.9. The van der Waals surface area contributed by atoms with Crippen LogP contribution in [-0.4, -0.2) is 18.6 Å². The Morgan fingerprint density at radius 2 is 2.06 bits per heavy atom. The Morgan fingerprint density at radius 3 is 2.53 bits per heavy atom. The fraction of sp³-hybridized carbons (Fsp3) is 0.200. The summed E-state index contributed by atoms with van der Waals surface area (Å²) in [4.78, 5) is 21.4. The Morgan fingerprint density at radius 1 is 1.41 bits per heavy atom. The number of carbonyl (C=O) groups is 2. The lowest BCUT2D eigenvalue weighted by atomic mass is 10.1. The molecular formula is C10H8F3NO3. The number of rotatable bonds is 4. The Kier molecular flexibility index (Phi) is 3.72. The highest BCUT2D eigenvalue weighted by Gasteiger charge is 2.31. The third-order valence-corrected chi connectivity index (χ3v) is 1.82. The lowest BCUT2D eigenvalue weighted by molar-refractivity contribution is -0.274. The number of hydrogen-bond donors (Lipinski definition) is 1. The number of carbonyl (C=O) groups excluding carboxylic acids is 2. The zero-order chi connectivity index (χ0) is 13.1. The standard InChI is InChI=1S/C10H8F3NO3/c1-6(16)8-4-7(17-10(11,12)13)2-3-9(8)14-5-15/h2-5H,1H3,(H,14,15). The van der Waals surface area contributed by atoms with E-state index in [0.29, 0.717) is 6.41 Å². The average molecular weight is 247 g/mol. The summed E-state index contributed by atoms with van der Waals surface area (Å²) in [5, 5.41) is 2.21. The van der Waals surface area contributed by atoms with Crippen LogP contribution >= 0.6 is 0 Å². The maximum atomic E-state index is 11.9. The van der Waals surface area contributed by atoms with Crippen LogP contribution in [0.2, 0.25) is 0 Å². The van der Waals surface area contributed by atoms with Crippen molar-refractivity contribution in [2.75, 3.05) is 5.32 Å². The van der Waals surface area contributed by atoms with Gasteiger partial charge in [0.05, 0.1) is 5.69 Å². The molecule has 0 saturated carbocycles. The molecule has 1 rings (SSSR count). The molecule has 0 atom stereocenters. The minimum atomic E-state index is -4.83. The van der Waals surface area contributed by atoms with E-state index >= 15 is 0 Å². The summed E-state index contributed by atoms with van der Waals surface area (Å²) in [5.74, 6) is -0.999. The Balaban J connectivity index is 3.09. The molecule has 0 bridgehead atoms. The van der Waals surface area contributed by atoms with Gasteiger partial charge in [0.1, 0.15) is 5.75 Å². The number of Topliss-reactive ketones (excluding diaryl/α,β-unsaturated/α-hetero) is 1. The van der Waals surface area contributed by atoms with Crippen LogP contribution in [0.3, 0.4) is 0 Å². The van der Waals surface area contributed by atoms with Crippen molar-refractivity contribution in [3.8, 4) is 5.75 Å². The highest BCUT2D eigenvalue weighted by Crippen LogP contribution is 2.27. The van der Waals surface area contributed by atoms with Crippen molar-refractivity contribution >= 4 is 17.9 Å². The molecule has 92 valence electrons. The lowest BCUT2D eigenvalue weighted by Gasteiger charge is -2.11. The number of halogens is 3. The van der Waals surface area contributed by atoms with Gasteiger partial charge in [0.2, 0.25) is 6.41 Å². The lowest BCUT2D eigenvalue weighted by Crippen LogP contribution is -2.17. The van der Waals surface area contributed by atoms with Gasteiger partial charge in [-0.15, -0.1) is 13.2 Å². The molecule has 7 heteroatoms. The molecule has 0 heterocycles. The predicted molar refractivity (Wildman–Crippen MR) is 52.8 cm³/mol. The quantitative estimate of drug-likeness (QED) is 0.656. The molecule has 0 aliphatic rings. The van der Waals surface area contributed by atoms with E-state index < -0.39 is 17.9 Å². The predicted octanol–water partition coefficient (Wildman–Crippen LogP) is 2.36. The molecule has 0 aliphatic carbocycles. The molecule has 1 aromatic carbocycles. The second-order valence-electron chi connectivity index (χ2n) is 3.07. The average Bonchev–Trinajstić information content (AvgIpc) is 2.18. The highest BCUT2D eigenvalue weighted by atomic mass is 19.4. The van der Waals surface area contributed by atoms with E-state index in [4.69, 9.17) is 0 Å². The molecule has 0 aliphatic heterocycles. The number of alkyl halides is 3. The maximum Gasteiger partial charge on any atom is 0.573 e. The minimum absolute atomic E-state index is 0.0566. The van der Waals surface area contributed by atoms with Crippen molar-refractivity contribution in [2.24, 2.45) is 0 Å². The minimum Gasteiger partial charge on any atom is -0.406 e. The van der Waals surface area contributed by atoms with Gasteiger partial charge in [-0.1, -0.05) is 0 Å². The summed E-state index contributed by atoms with van der Waals surface area (Å²) < 4.78 is 39.5. The summed E-state index contributed by atoms with van der Waals surface area (Å²) in [5.41, 5.74) is 0.0703. The summed E-state index contributed by atoms with van der Waals surface area (Å²) in [6.45, 7) is 1.17. The first-order valence-corrected chi connectivity index (χ1v) is 4.44. The Hall–Kier alpha value is -2.05. The van der Waals surface area contributed by atoms with Crippen LogP contribution in [-0.2, 0) is 4.79 Å². The fourth-order valence-corrected chi connectivity index (χ4v) is 1.20. The third-order valence-electron chi connectivity index (χ3n) is 1.82. The number of ether oxygens (including phenoxy) is 1. The second kappa shape index (κ2) is 4.86. The van der Waals surface area contributed by atoms with E-state index in [9.17, 15) is 22.8 Å². The molecule has 0 saturated heterocycles. The van der Waals surface area contributed by atoms with Gasteiger partial charge >= 0.3 is 6.36 Å². The van der Waals surface area contributed by atoms with Crippen molar-refractivity contribution in [2.45, 2.75) is 13.3 Å². The van der Waals surface area contributed by atoms with Gasteiger partial charge in [-0.05, 0) is 25.1 Å². The number of nitrogens with one attached hydrogen (secondary N) is 1. The van der Waals surface area contributed by atoms with Gasteiger partial charge in [-0.2, -0.15) is 0 Å². The third kappa shape index (κ3) is 3.78. The SMILES string of the molecule is CC(=O)c1cc(OC(F)(F)F)ccc1NC=O. The molecule has 4 nitrogen and oxygen atoms in total. The molecule has 0 aromatic heterocycles. The van der Waals surface area contributed by atoms with Gasteiger partial charge < -0.3 is 10.1 Å². The summed E-state index contributed by atoms with van der Waals surface area (Å²) in [6, 6.07) is 3.08. The van der Waals surface area contributed by atoms with Crippen LogP contribution in [0, 0.1) is 0 Å². The van der Waals surface area contributed by atoms with E-state index in [1.54, 1.807) is 0 Å². The van der Waals surface area contributed by atoms with Gasteiger partial charge in [0, 0.05) is 5.56 Å². The number of amides is 1. The topological polar surface area (TPSA) is 55.4 Å². The number of anilines is 1. The van der Waals surface area contributed by atoms with Crippen molar-refractivity contribution < 1.29 is 27.5 Å². The Labute approximate surface area is 94.4 Å². The first-order chi connectivity index (χ1) is 7.83. The normalized spacial score (nSPS) is 10.8. The Bertz CT molecular complexity index is 443. The first-order valence-electron chi connectivity index (χ1n) is 4.44. The smallest absolute Gasteiger partial charge is 0.406 e. The van der Waals surface area contributed by atoms with E-state index in [2.05, 4.69) is 10.1 Å². The molecular weight excluding hydrogens is 239 g/mol. The van der Waals surface area contributed by atoms with E-state index in [-0.39, 0.29) is 11.3 Å². The van der Waals surface area contributed by atoms with Crippen LogP contribution in [0.15, 0.2) is 18.2 Å². The van der Waals surface area contributed by atoms with Crippen molar-refractivity contribution in [1.29, 1.82) is 0 Å². The largest absolute Gasteiger partial charge is 0.573 e. The first kappa shape index (κ1) is 13.0. The van der Waals surface area contributed by atoms with E-state index in [1.165, 1.54) is 6.92 Å². The molecule has 1 N–H and O–H groups in total. The molecule has 0 unspecified atom stereocenters. The molecule has 0 spiro atoms. The van der Waals surface area contributed by atoms with E-state index in [1.807, 2.05) is 0 Å². The zero-order valence-corrected chi connectivity index (χ0v) is 8.67. The van der Waals surface area contributed by atoms with Crippen LogP contribution in [0.5, 0.6) is 5.75 Å². The monoisotopic (exact) mass is 247 g/mol. The van der Waals surface area contributed by atoms with E-state index in [0.717, 1.165) is 18.2 Å². The van der Waals surface area contributed by atoms with Crippen molar-refractivity contribution in [3.05, 3.63) is 23.8 Å². The van der Waals surface area contributed by atoms with Crippen molar-refractivity contribution in [3.63, 3.8) is 0 Å². The second-order valence-corrected chi connectivity index (χ2v) is 3.07. The molecule has 0 radical (unpaired) electrons. The number of ketones is 1. The fourth-order valence-electron chi connectivity index (χ4n) is 1.20. The number of hydrogen-bond acceptors (Lipinski definition) is 3. The summed E-state index contributed by atoms with van der Waals surface area (Å²) in [7, 11) is 0. The summed E-state index contributed by atoms with van der Waals surface area (Å²) in [6.07, 6.45) is -4.50. The molecule has 17 heavy (non-hydrogen) atoms. The highest BCUT2D eigenvalue weighted by molar-refractivity contribution is 6.01. The van der Waals surface area contributed by atoms with Gasteiger partial charge in [0.15, 0.2) is 5.78 Å². The summed E-state index contributed by atoms with van der Waals surface area (Å²) >= 11 is 0. The molecule has 1 amide bonds. The van der Waals surface area contributed by atoms with Gasteiger partial charge in [-0.3, -0.25) is 9.59 Å². The number of benzene rings is 1. The van der Waals surface area contributed by atoms with Gasteiger partial charge in [-0.25, -0.2) is 0 Å². The van der Waals surface area contributed by atoms with Crippen LogP contribution in [0.1, 0.15) is 17.3 Å². The molecule has 1 aromatic rings. The van der Waals surface area contributed by atoms with Gasteiger partial charge in [0.25, 0.3) is 0 Å². The van der Waals surface area contributed by atoms with Crippen LogP contribution in [0.25, 0.3) is 0 Å². The van der Waals surface area contributed by atoms with Crippen molar-refractivity contribution in [1.82, 2.24) is 0 Å². The zero-order valence-electron chi connectivity index (χ0n) is 8.67.